The van der Waals surface area contributed by atoms with Crippen molar-refractivity contribution < 1.29 is 17.9 Å². The number of piperidine rings is 1. The van der Waals surface area contributed by atoms with Crippen LogP contribution in [0.25, 0.3) is 0 Å². The Labute approximate surface area is 183 Å². The lowest BCUT2D eigenvalue weighted by Crippen LogP contribution is -2.57. The molecule has 2 aliphatic rings. The first kappa shape index (κ1) is 21.5. The summed E-state index contributed by atoms with van der Waals surface area (Å²) in [7, 11) is -1.83. The van der Waals surface area contributed by atoms with Crippen molar-refractivity contribution in [1.29, 1.82) is 0 Å². The Hall–Kier alpha value is -2.74. The number of para-hydroxylation sites is 1. The minimum Gasteiger partial charge on any atom is -0.497 e. The van der Waals surface area contributed by atoms with E-state index in [-0.39, 0.29) is 11.4 Å². The molecule has 2 unspecified atom stereocenters. The number of ether oxygens (including phenoxy) is 1. The van der Waals surface area contributed by atoms with Crippen LogP contribution in [0.3, 0.4) is 0 Å². The summed E-state index contributed by atoms with van der Waals surface area (Å²) in [4.78, 5) is 14.4. The fourth-order valence-corrected chi connectivity index (χ4v) is 6.03. The molecule has 0 aromatic heterocycles. The molecule has 0 bridgehead atoms. The van der Waals surface area contributed by atoms with Crippen molar-refractivity contribution in [2.24, 2.45) is 0 Å². The highest BCUT2D eigenvalue weighted by Gasteiger charge is 2.49. The maximum Gasteiger partial charge on any atom is 0.318 e. The van der Waals surface area contributed by atoms with Crippen LogP contribution in [0.5, 0.6) is 5.75 Å². The van der Waals surface area contributed by atoms with E-state index < -0.39 is 15.2 Å². The third kappa shape index (κ3) is 4.35. The Morgan fingerprint density at radius 2 is 2.06 bits per heavy atom. The molecule has 31 heavy (non-hydrogen) atoms. The number of carbonyl (C=O) groups excluding carboxylic acids is 1. The standard InChI is InChI=1S/C23H29N3O4S/c1-30-18-7-5-6-17(14-18)10-12-24-22(27)26-13-11-23(15-21(26)31(2,28)29)16-25-20-9-4-3-8-19(20)23/h3-9,14,21,25H,10-13,15-16H2,1-2H3,(H,24,27). The number of amides is 2. The number of nitrogens with zero attached hydrogens (tertiary/aromatic N) is 1. The molecule has 0 aliphatic carbocycles. The highest BCUT2D eigenvalue weighted by Crippen LogP contribution is 2.46. The number of carbonyl (C=O) groups is 1. The second kappa shape index (κ2) is 8.42. The van der Waals surface area contributed by atoms with E-state index in [1.807, 2.05) is 42.5 Å². The van der Waals surface area contributed by atoms with Crippen molar-refractivity contribution in [2.75, 3.05) is 38.3 Å². The lowest BCUT2D eigenvalue weighted by molar-refractivity contribution is 0.148. The zero-order chi connectivity index (χ0) is 22.1. The molecule has 2 aromatic rings. The zero-order valence-corrected chi connectivity index (χ0v) is 18.7. The second-order valence-electron chi connectivity index (χ2n) is 8.44. The van der Waals surface area contributed by atoms with Crippen molar-refractivity contribution in [3.63, 3.8) is 0 Å². The number of hydrogen-bond donors (Lipinski definition) is 2. The number of sulfone groups is 1. The van der Waals surface area contributed by atoms with E-state index in [0.717, 1.165) is 29.0 Å². The van der Waals surface area contributed by atoms with Gasteiger partial charge in [0.15, 0.2) is 9.84 Å². The number of fused-ring (bicyclic) bond motifs is 2. The van der Waals surface area contributed by atoms with Crippen molar-refractivity contribution >= 4 is 21.6 Å². The van der Waals surface area contributed by atoms with Crippen LogP contribution in [0.15, 0.2) is 48.5 Å². The van der Waals surface area contributed by atoms with Crippen molar-refractivity contribution in [2.45, 2.75) is 30.1 Å². The molecule has 1 spiro atoms. The largest absolute Gasteiger partial charge is 0.497 e. The number of anilines is 1. The predicted molar refractivity (Wildman–Crippen MR) is 121 cm³/mol. The van der Waals surface area contributed by atoms with Crippen LogP contribution in [0.2, 0.25) is 0 Å². The Kier molecular flexibility index (Phi) is 5.83. The Bertz CT molecular complexity index is 1070. The van der Waals surface area contributed by atoms with Gasteiger partial charge in [-0.2, -0.15) is 0 Å². The van der Waals surface area contributed by atoms with Gasteiger partial charge in [-0.05, 0) is 48.6 Å². The molecule has 2 N–H and O–H groups in total. The van der Waals surface area contributed by atoms with E-state index in [9.17, 15) is 13.2 Å². The smallest absolute Gasteiger partial charge is 0.318 e. The van der Waals surface area contributed by atoms with E-state index >= 15 is 0 Å². The van der Waals surface area contributed by atoms with Gasteiger partial charge in [-0.15, -0.1) is 0 Å². The maximum absolute atomic E-state index is 12.9. The fraction of sp³-hybridized carbons (Fsp3) is 0.435. The van der Waals surface area contributed by atoms with Crippen molar-refractivity contribution in [3.8, 4) is 5.75 Å². The van der Waals surface area contributed by atoms with Gasteiger partial charge >= 0.3 is 6.03 Å². The van der Waals surface area contributed by atoms with Crippen LogP contribution in [0.4, 0.5) is 10.5 Å². The molecule has 166 valence electrons. The lowest BCUT2D eigenvalue weighted by atomic mass is 9.74. The van der Waals surface area contributed by atoms with Crippen LogP contribution in [0.1, 0.15) is 24.0 Å². The van der Waals surface area contributed by atoms with Gasteiger partial charge in [0.1, 0.15) is 11.1 Å². The highest BCUT2D eigenvalue weighted by atomic mass is 32.2. The molecule has 0 saturated carbocycles. The van der Waals surface area contributed by atoms with Crippen LogP contribution in [0, 0.1) is 0 Å². The summed E-state index contributed by atoms with van der Waals surface area (Å²) in [6, 6.07) is 15.4. The first-order valence-electron chi connectivity index (χ1n) is 10.5. The van der Waals surface area contributed by atoms with E-state index in [4.69, 9.17) is 4.74 Å². The van der Waals surface area contributed by atoms with Gasteiger partial charge in [0, 0.05) is 37.0 Å². The minimum absolute atomic E-state index is 0.262. The predicted octanol–water partition coefficient (Wildman–Crippen LogP) is 2.78. The number of benzene rings is 2. The topological polar surface area (TPSA) is 87.7 Å². The summed E-state index contributed by atoms with van der Waals surface area (Å²) in [6.45, 7) is 1.52. The Morgan fingerprint density at radius 1 is 1.26 bits per heavy atom. The van der Waals surface area contributed by atoms with Gasteiger partial charge in [0.05, 0.1) is 7.11 Å². The van der Waals surface area contributed by atoms with E-state index in [1.54, 1.807) is 7.11 Å². The van der Waals surface area contributed by atoms with Crippen molar-refractivity contribution in [1.82, 2.24) is 10.2 Å². The molecule has 1 saturated heterocycles. The van der Waals surface area contributed by atoms with Crippen molar-refractivity contribution in [3.05, 3.63) is 59.7 Å². The number of rotatable bonds is 5. The number of likely N-dealkylation sites (tertiary alicyclic amines) is 1. The number of urea groups is 1. The average molecular weight is 444 g/mol. The summed E-state index contributed by atoms with van der Waals surface area (Å²) in [6.07, 6.45) is 2.99. The van der Waals surface area contributed by atoms with Crippen LogP contribution >= 0.6 is 0 Å². The van der Waals surface area contributed by atoms with E-state index in [1.165, 1.54) is 11.2 Å². The number of nitrogens with one attached hydrogen (secondary N) is 2. The molecule has 2 atom stereocenters. The van der Waals surface area contributed by atoms with Gasteiger partial charge in [-0.25, -0.2) is 13.2 Å². The number of methoxy groups -OCH3 is 1. The molecule has 2 aliphatic heterocycles. The molecular formula is C23H29N3O4S. The molecule has 0 radical (unpaired) electrons. The Morgan fingerprint density at radius 3 is 2.84 bits per heavy atom. The summed E-state index contributed by atoms with van der Waals surface area (Å²) in [5.41, 5.74) is 3.00. The average Bonchev–Trinajstić information content (AvgIpc) is 3.11. The molecule has 7 nitrogen and oxygen atoms in total. The van der Waals surface area contributed by atoms with Crippen LogP contribution < -0.4 is 15.4 Å². The molecule has 1 fully saturated rings. The SMILES string of the molecule is COc1cccc(CCNC(=O)N2CCC3(CNc4ccccc43)CC2S(C)(=O)=O)c1. The fourth-order valence-electron chi connectivity index (χ4n) is 4.75. The highest BCUT2D eigenvalue weighted by molar-refractivity contribution is 7.91. The van der Waals surface area contributed by atoms with Crippen LogP contribution in [-0.2, 0) is 21.7 Å². The van der Waals surface area contributed by atoms with Gasteiger partial charge in [0.25, 0.3) is 0 Å². The molecule has 2 heterocycles. The second-order valence-corrected chi connectivity index (χ2v) is 10.6. The third-order valence-electron chi connectivity index (χ3n) is 6.44. The van der Waals surface area contributed by atoms with E-state index in [2.05, 4.69) is 16.7 Å². The first-order chi connectivity index (χ1) is 14.8. The van der Waals surface area contributed by atoms with E-state index in [0.29, 0.717) is 32.5 Å². The first-order valence-corrected chi connectivity index (χ1v) is 12.5. The van der Waals surface area contributed by atoms with Gasteiger partial charge in [-0.1, -0.05) is 30.3 Å². The molecule has 8 heteroatoms. The number of hydrogen-bond acceptors (Lipinski definition) is 5. The maximum atomic E-state index is 12.9. The van der Waals surface area contributed by atoms with Gasteiger partial charge < -0.3 is 20.3 Å². The van der Waals surface area contributed by atoms with Crippen LogP contribution in [-0.4, -0.2) is 57.7 Å². The zero-order valence-electron chi connectivity index (χ0n) is 17.9. The summed E-state index contributed by atoms with van der Waals surface area (Å²) < 4.78 is 30.6. The third-order valence-corrected chi connectivity index (χ3v) is 7.85. The normalized spacial score (nSPS) is 22.6. The minimum atomic E-state index is -3.45. The molecule has 4 rings (SSSR count). The van der Waals surface area contributed by atoms with Gasteiger partial charge in [0.2, 0.25) is 0 Å². The quantitative estimate of drug-likeness (QED) is 0.742. The summed E-state index contributed by atoms with van der Waals surface area (Å²) in [5, 5.41) is 5.48. The monoisotopic (exact) mass is 443 g/mol. The lowest BCUT2D eigenvalue weighted by Gasteiger charge is -2.44. The van der Waals surface area contributed by atoms with Gasteiger partial charge in [-0.3, -0.25) is 0 Å². The Balaban J connectivity index is 1.45. The molecule has 2 aromatic carbocycles. The summed E-state index contributed by atoms with van der Waals surface area (Å²) in [5.74, 6) is 0.771. The molecular weight excluding hydrogens is 414 g/mol. The molecule has 2 amide bonds. The summed E-state index contributed by atoms with van der Waals surface area (Å²) >= 11 is 0.